The molecule has 0 aliphatic rings. The van der Waals surface area contributed by atoms with Crippen LogP contribution >= 0.6 is 7.15 Å². The van der Waals surface area contributed by atoms with Gasteiger partial charge in [-0.1, -0.05) is 24.3 Å². The third-order valence-electron chi connectivity index (χ3n) is 3.53. The minimum atomic E-state index is -3.65. The molecule has 112 valence electrons. The molecule has 6 heteroatoms. The van der Waals surface area contributed by atoms with Crippen molar-refractivity contribution in [3.8, 4) is 11.5 Å². The maximum Gasteiger partial charge on any atom is 1.00 e. The first-order chi connectivity index (χ1) is 9.80. The van der Waals surface area contributed by atoms with Gasteiger partial charge >= 0.3 is 29.6 Å². The number of benzene rings is 2. The first-order valence-electron chi connectivity index (χ1n) is 6.63. The molecule has 2 rings (SSSR count). The largest absolute Gasteiger partial charge is 1.00 e. The molecule has 0 saturated heterocycles. The van der Waals surface area contributed by atoms with Gasteiger partial charge in [0.25, 0.3) is 0 Å². The summed E-state index contributed by atoms with van der Waals surface area (Å²) in [6.07, 6.45) is 0. The Morgan fingerprint density at radius 2 is 1.18 bits per heavy atom. The van der Waals surface area contributed by atoms with Gasteiger partial charge in [-0.3, -0.25) is 0 Å². The minimum absolute atomic E-state index is 0. The smallest absolute Gasteiger partial charge is 0.634 e. The van der Waals surface area contributed by atoms with Crippen molar-refractivity contribution in [2.24, 2.45) is 0 Å². The Labute approximate surface area is 160 Å². The molecule has 0 saturated carbocycles. The van der Waals surface area contributed by atoms with Crippen LogP contribution in [0.3, 0.4) is 0 Å². The molecular formula is C16H18NaO3PS. The molecule has 0 fully saturated rings. The van der Waals surface area contributed by atoms with Gasteiger partial charge in [0.05, 0.1) is 0 Å². The van der Waals surface area contributed by atoms with Gasteiger partial charge in [0.1, 0.15) is 0 Å². The van der Waals surface area contributed by atoms with E-state index >= 15 is 0 Å². The van der Waals surface area contributed by atoms with Crippen LogP contribution in [-0.4, -0.2) is 0 Å². The summed E-state index contributed by atoms with van der Waals surface area (Å²) in [7, 11) is -3.65. The molecule has 0 atom stereocenters. The van der Waals surface area contributed by atoms with E-state index in [9.17, 15) is 4.89 Å². The fraction of sp³-hybridized carbons (Fsp3) is 0.250. The van der Waals surface area contributed by atoms with E-state index in [0.29, 0.717) is 11.5 Å². The van der Waals surface area contributed by atoms with E-state index in [1.807, 2.05) is 52.0 Å². The van der Waals surface area contributed by atoms with Crippen LogP contribution in [-0.2, 0) is 12.2 Å². The summed E-state index contributed by atoms with van der Waals surface area (Å²) in [4.78, 5) is 12.5. The average Bonchev–Trinajstić information content (AvgIpc) is 2.40. The molecule has 0 radical (unpaired) electrons. The maximum atomic E-state index is 12.5. The molecular weight excluding hydrogens is 326 g/mol. The van der Waals surface area contributed by atoms with Crippen LogP contribution in [0.1, 0.15) is 22.3 Å². The summed E-state index contributed by atoms with van der Waals surface area (Å²) >= 11 is 5.02. The number of hydrogen-bond acceptors (Lipinski definition) is 4. The van der Waals surface area contributed by atoms with Crippen LogP contribution in [0.2, 0.25) is 0 Å². The fourth-order valence-corrected chi connectivity index (χ4v) is 3.30. The Balaban J connectivity index is 0.00000242. The van der Waals surface area contributed by atoms with Crippen molar-refractivity contribution < 1.29 is 43.5 Å². The Bertz CT molecular complexity index is 606. The zero-order valence-electron chi connectivity index (χ0n) is 13.5. The standard InChI is InChI=1S/C16H19O3PS.Na/c1-11-7-5-9-15(13(11)3)18-20(17,21)19-16-10-6-8-12(2)14(16)4;/h5-10H,1-4H3,(H,17,21);/q;+1/p-1. The molecule has 0 bridgehead atoms. The van der Waals surface area contributed by atoms with Crippen LogP contribution in [0, 0.1) is 27.7 Å². The van der Waals surface area contributed by atoms with E-state index in [1.54, 1.807) is 12.1 Å². The Kier molecular flexibility index (Phi) is 7.25. The van der Waals surface area contributed by atoms with Gasteiger partial charge < -0.3 is 26.2 Å². The van der Waals surface area contributed by atoms with Gasteiger partial charge in [0, 0.05) is 0 Å². The van der Waals surface area contributed by atoms with Crippen molar-refractivity contribution >= 4 is 19.4 Å². The summed E-state index contributed by atoms with van der Waals surface area (Å²) < 4.78 is 10.9. The van der Waals surface area contributed by atoms with E-state index in [0.717, 1.165) is 22.3 Å². The number of hydrogen-bond donors (Lipinski definition) is 0. The monoisotopic (exact) mass is 344 g/mol. The summed E-state index contributed by atoms with van der Waals surface area (Å²) in [5.74, 6) is 0.997. The number of rotatable bonds is 4. The van der Waals surface area contributed by atoms with Gasteiger partial charge in [-0.15, -0.1) is 0 Å². The molecule has 0 N–H and O–H groups in total. The molecule has 0 aromatic heterocycles. The van der Waals surface area contributed by atoms with Gasteiger partial charge in [0.15, 0.2) is 11.5 Å². The molecule has 2 aromatic carbocycles. The third kappa shape index (κ3) is 4.89. The molecule has 0 heterocycles. The van der Waals surface area contributed by atoms with Crippen molar-refractivity contribution in [1.29, 1.82) is 0 Å². The topological polar surface area (TPSA) is 41.5 Å². The van der Waals surface area contributed by atoms with Gasteiger partial charge in [-0.05, 0) is 62.1 Å². The second-order valence-corrected chi connectivity index (χ2v) is 7.63. The van der Waals surface area contributed by atoms with Gasteiger partial charge in [0.2, 0.25) is 7.15 Å². The fourth-order valence-electron chi connectivity index (χ4n) is 1.91. The predicted molar refractivity (Wildman–Crippen MR) is 87.4 cm³/mol. The van der Waals surface area contributed by atoms with Crippen molar-refractivity contribution in [3.05, 3.63) is 58.7 Å². The minimum Gasteiger partial charge on any atom is -0.634 e. The zero-order valence-corrected chi connectivity index (χ0v) is 17.3. The third-order valence-corrected chi connectivity index (χ3v) is 4.82. The molecule has 3 nitrogen and oxygen atoms in total. The summed E-state index contributed by atoms with van der Waals surface area (Å²) in [6.45, 7) is 7.72. The Morgan fingerprint density at radius 3 is 1.55 bits per heavy atom. The van der Waals surface area contributed by atoms with E-state index in [4.69, 9.17) is 21.3 Å². The molecule has 0 aliphatic carbocycles. The quantitative estimate of drug-likeness (QED) is 0.471. The van der Waals surface area contributed by atoms with Crippen LogP contribution in [0.4, 0.5) is 0 Å². The summed E-state index contributed by atoms with van der Waals surface area (Å²) in [6, 6.07) is 11.1. The molecule has 22 heavy (non-hydrogen) atoms. The normalized spacial score (nSPS) is 10.8. The van der Waals surface area contributed by atoms with E-state index in [2.05, 4.69) is 0 Å². The van der Waals surface area contributed by atoms with Crippen molar-refractivity contribution in [1.82, 2.24) is 0 Å². The Hall–Kier alpha value is -0.220. The molecule has 2 aromatic rings. The first-order valence-corrected chi connectivity index (χ1v) is 9.18. The van der Waals surface area contributed by atoms with Gasteiger partial charge in [-0.2, -0.15) is 0 Å². The molecule has 0 amide bonds. The summed E-state index contributed by atoms with van der Waals surface area (Å²) in [5, 5.41) is 0. The van der Waals surface area contributed by atoms with Gasteiger partial charge in [-0.25, -0.2) is 0 Å². The average molecular weight is 344 g/mol. The molecule has 0 unspecified atom stereocenters. The molecule has 0 spiro atoms. The second-order valence-electron chi connectivity index (χ2n) is 5.03. The second kappa shape index (κ2) is 8.05. The molecule has 0 aliphatic heterocycles. The SMILES string of the molecule is Cc1cccc(O[P+]([O-])([S-])Oc2cccc(C)c2C)c1C.[Na+]. The van der Waals surface area contributed by atoms with E-state index in [1.165, 1.54) is 0 Å². The van der Waals surface area contributed by atoms with Crippen molar-refractivity contribution in [3.63, 3.8) is 0 Å². The van der Waals surface area contributed by atoms with Crippen LogP contribution < -0.4 is 43.5 Å². The summed E-state index contributed by atoms with van der Waals surface area (Å²) in [5.41, 5.74) is 3.92. The van der Waals surface area contributed by atoms with E-state index < -0.39 is 7.15 Å². The van der Waals surface area contributed by atoms with Crippen molar-refractivity contribution in [2.75, 3.05) is 0 Å². The van der Waals surface area contributed by atoms with Crippen LogP contribution in [0.25, 0.3) is 0 Å². The van der Waals surface area contributed by atoms with Crippen LogP contribution in [0.5, 0.6) is 11.5 Å². The maximum absolute atomic E-state index is 12.5. The zero-order chi connectivity index (χ0) is 15.6. The van der Waals surface area contributed by atoms with E-state index in [-0.39, 0.29) is 29.6 Å². The number of aryl methyl sites for hydroxylation is 2. The first kappa shape index (κ1) is 19.8. The Morgan fingerprint density at radius 1 is 0.818 bits per heavy atom. The van der Waals surface area contributed by atoms with Crippen molar-refractivity contribution in [2.45, 2.75) is 27.7 Å². The predicted octanol–water partition coefficient (Wildman–Crippen LogP) is 0.967. The van der Waals surface area contributed by atoms with Crippen LogP contribution in [0.15, 0.2) is 36.4 Å².